The molecule has 4 rings (SSSR count). The van der Waals surface area contributed by atoms with Crippen molar-refractivity contribution in [2.24, 2.45) is 0 Å². The zero-order valence-electron chi connectivity index (χ0n) is 12.7. The average Bonchev–Trinajstić information content (AvgIpc) is 2.61. The Labute approximate surface area is 136 Å². The predicted molar refractivity (Wildman–Crippen MR) is 99.2 cm³/mol. The first-order chi connectivity index (χ1) is 11.3. The van der Waals surface area contributed by atoms with E-state index in [9.17, 15) is 0 Å². The van der Waals surface area contributed by atoms with Gasteiger partial charge < -0.3 is 5.73 Å². The molecule has 0 aliphatic heterocycles. The van der Waals surface area contributed by atoms with Crippen molar-refractivity contribution >= 4 is 16.5 Å². The third-order valence-corrected chi connectivity index (χ3v) is 4.19. The minimum atomic E-state index is 0.789. The third kappa shape index (κ3) is 2.47. The van der Waals surface area contributed by atoms with E-state index >= 15 is 0 Å². The molecule has 0 radical (unpaired) electrons. The van der Waals surface area contributed by atoms with Crippen molar-refractivity contribution < 1.29 is 0 Å². The van der Waals surface area contributed by atoms with Gasteiger partial charge in [0.05, 0.1) is 0 Å². The third-order valence-electron chi connectivity index (χ3n) is 4.19. The van der Waals surface area contributed by atoms with Gasteiger partial charge in [-0.3, -0.25) is 0 Å². The number of nitrogens with two attached hydrogens (primary N) is 1. The molecule has 0 spiro atoms. The molecule has 0 atom stereocenters. The molecule has 2 N–H and O–H groups in total. The molecule has 0 heterocycles. The standard InChI is InChI=1S/C22H17N/c23-19-12-4-11-18(15-19)21-14-6-10-17-9-5-13-20(22(17)21)16-7-2-1-3-8-16/h1-15H,23H2. The summed E-state index contributed by atoms with van der Waals surface area (Å²) < 4.78 is 0. The van der Waals surface area contributed by atoms with Crippen LogP contribution in [-0.4, -0.2) is 0 Å². The monoisotopic (exact) mass is 295 g/mol. The molecule has 23 heavy (non-hydrogen) atoms. The van der Waals surface area contributed by atoms with E-state index in [1.807, 2.05) is 24.3 Å². The van der Waals surface area contributed by atoms with Crippen LogP contribution >= 0.6 is 0 Å². The molecule has 0 aromatic heterocycles. The summed E-state index contributed by atoms with van der Waals surface area (Å²) in [5.74, 6) is 0. The van der Waals surface area contributed by atoms with Crippen molar-refractivity contribution in [2.75, 3.05) is 5.73 Å². The molecule has 1 nitrogen and oxygen atoms in total. The Morgan fingerprint density at radius 3 is 1.83 bits per heavy atom. The molecule has 4 aromatic rings. The molecule has 0 saturated carbocycles. The lowest BCUT2D eigenvalue weighted by molar-refractivity contribution is 1.62. The highest BCUT2D eigenvalue weighted by Crippen LogP contribution is 2.36. The molecule has 0 unspecified atom stereocenters. The molecule has 0 aliphatic rings. The normalized spacial score (nSPS) is 10.8. The molecule has 0 aliphatic carbocycles. The van der Waals surface area contributed by atoms with E-state index in [2.05, 4.69) is 66.7 Å². The van der Waals surface area contributed by atoms with Crippen molar-refractivity contribution in [1.29, 1.82) is 0 Å². The Hall–Kier alpha value is -3.06. The minimum absolute atomic E-state index is 0.789. The molecule has 0 bridgehead atoms. The van der Waals surface area contributed by atoms with Gasteiger partial charge in [0.2, 0.25) is 0 Å². The van der Waals surface area contributed by atoms with Gasteiger partial charge in [0.1, 0.15) is 0 Å². The van der Waals surface area contributed by atoms with Crippen LogP contribution in [0.15, 0.2) is 91.0 Å². The lowest BCUT2D eigenvalue weighted by atomic mass is 9.91. The summed E-state index contributed by atoms with van der Waals surface area (Å²) in [5.41, 5.74) is 11.6. The number of benzene rings is 4. The summed E-state index contributed by atoms with van der Waals surface area (Å²) in [7, 11) is 0. The fourth-order valence-electron chi connectivity index (χ4n) is 3.15. The van der Waals surface area contributed by atoms with Gasteiger partial charge in [0, 0.05) is 5.69 Å². The van der Waals surface area contributed by atoms with Gasteiger partial charge in [-0.05, 0) is 45.2 Å². The van der Waals surface area contributed by atoms with Gasteiger partial charge in [-0.15, -0.1) is 0 Å². The summed E-state index contributed by atoms with van der Waals surface area (Å²) in [6, 6.07) is 31.5. The molecular formula is C22H17N. The van der Waals surface area contributed by atoms with E-state index < -0.39 is 0 Å². The first kappa shape index (κ1) is 13.6. The quantitative estimate of drug-likeness (QED) is 0.468. The largest absolute Gasteiger partial charge is 0.399 e. The van der Waals surface area contributed by atoms with E-state index in [1.54, 1.807) is 0 Å². The van der Waals surface area contributed by atoms with Crippen molar-refractivity contribution in [3.8, 4) is 22.3 Å². The Bertz CT molecular complexity index is 966. The number of hydrogen-bond donors (Lipinski definition) is 1. The van der Waals surface area contributed by atoms with Crippen LogP contribution in [0.3, 0.4) is 0 Å². The van der Waals surface area contributed by atoms with Crippen LogP contribution in [-0.2, 0) is 0 Å². The summed E-state index contributed by atoms with van der Waals surface area (Å²) in [6.45, 7) is 0. The maximum Gasteiger partial charge on any atom is 0.0320 e. The van der Waals surface area contributed by atoms with Gasteiger partial charge in [-0.25, -0.2) is 0 Å². The van der Waals surface area contributed by atoms with Gasteiger partial charge in [0.25, 0.3) is 0 Å². The fourth-order valence-corrected chi connectivity index (χ4v) is 3.15. The van der Waals surface area contributed by atoms with Crippen LogP contribution in [0.4, 0.5) is 5.69 Å². The fraction of sp³-hybridized carbons (Fsp3) is 0. The molecule has 4 aromatic carbocycles. The highest BCUT2D eigenvalue weighted by molar-refractivity contribution is 6.06. The second-order valence-corrected chi connectivity index (χ2v) is 5.70. The zero-order valence-corrected chi connectivity index (χ0v) is 12.7. The van der Waals surface area contributed by atoms with Crippen LogP contribution in [0.2, 0.25) is 0 Å². The van der Waals surface area contributed by atoms with Gasteiger partial charge in [-0.1, -0.05) is 78.9 Å². The van der Waals surface area contributed by atoms with Crippen molar-refractivity contribution in [1.82, 2.24) is 0 Å². The zero-order chi connectivity index (χ0) is 15.6. The highest BCUT2D eigenvalue weighted by Gasteiger charge is 2.09. The van der Waals surface area contributed by atoms with Gasteiger partial charge in [-0.2, -0.15) is 0 Å². The lowest BCUT2D eigenvalue weighted by Crippen LogP contribution is -1.88. The molecule has 1 heteroatoms. The second-order valence-electron chi connectivity index (χ2n) is 5.70. The molecule has 0 amide bonds. The van der Waals surface area contributed by atoms with Crippen molar-refractivity contribution in [3.63, 3.8) is 0 Å². The summed E-state index contributed by atoms with van der Waals surface area (Å²) in [4.78, 5) is 0. The maximum atomic E-state index is 5.99. The number of nitrogen functional groups attached to an aromatic ring is 1. The summed E-state index contributed by atoms with van der Waals surface area (Å²) >= 11 is 0. The number of fused-ring (bicyclic) bond motifs is 1. The van der Waals surface area contributed by atoms with Gasteiger partial charge in [0.15, 0.2) is 0 Å². The highest BCUT2D eigenvalue weighted by atomic mass is 14.5. The summed E-state index contributed by atoms with van der Waals surface area (Å²) in [5, 5.41) is 2.51. The van der Waals surface area contributed by atoms with E-state index in [0.717, 1.165) is 11.3 Å². The molecule has 0 fully saturated rings. The Balaban J connectivity index is 2.06. The molecule has 0 saturated heterocycles. The number of hydrogen-bond acceptors (Lipinski definition) is 1. The Morgan fingerprint density at radius 2 is 1.13 bits per heavy atom. The first-order valence-electron chi connectivity index (χ1n) is 7.76. The molecule has 110 valence electrons. The lowest BCUT2D eigenvalue weighted by Gasteiger charge is -2.13. The topological polar surface area (TPSA) is 26.0 Å². The van der Waals surface area contributed by atoms with E-state index in [-0.39, 0.29) is 0 Å². The maximum absolute atomic E-state index is 5.99. The smallest absolute Gasteiger partial charge is 0.0320 e. The van der Waals surface area contributed by atoms with Crippen molar-refractivity contribution in [2.45, 2.75) is 0 Å². The summed E-state index contributed by atoms with van der Waals surface area (Å²) in [6.07, 6.45) is 0. The first-order valence-corrected chi connectivity index (χ1v) is 7.76. The Kier molecular flexibility index (Phi) is 3.32. The van der Waals surface area contributed by atoms with Crippen LogP contribution in [0.25, 0.3) is 33.0 Å². The number of anilines is 1. The predicted octanol–water partition coefficient (Wildman–Crippen LogP) is 5.76. The SMILES string of the molecule is Nc1cccc(-c2cccc3cccc(-c4ccccc4)c23)c1. The average molecular weight is 295 g/mol. The van der Waals surface area contributed by atoms with E-state index in [0.29, 0.717) is 0 Å². The van der Waals surface area contributed by atoms with Crippen LogP contribution in [0.5, 0.6) is 0 Å². The van der Waals surface area contributed by atoms with Crippen molar-refractivity contribution in [3.05, 3.63) is 91.0 Å². The van der Waals surface area contributed by atoms with Gasteiger partial charge >= 0.3 is 0 Å². The van der Waals surface area contributed by atoms with E-state index in [4.69, 9.17) is 5.73 Å². The second kappa shape index (κ2) is 5.62. The van der Waals surface area contributed by atoms with Crippen LogP contribution in [0, 0.1) is 0 Å². The van der Waals surface area contributed by atoms with Crippen LogP contribution in [0.1, 0.15) is 0 Å². The molecular weight excluding hydrogens is 278 g/mol. The van der Waals surface area contributed by atoms with E-state index in [1.165, 1.54) is 27.5 Å². The Morgan fingerprint density at radius 1 is 0.522 bits per heavy atom. The minimum Gasteiger partial charge on any atom is -0.399 e. The van der Waals surface area contributed by atoms with Crippen LogP contribution < -0.4 is 5.73 Å². The number of rotatable bonds is 2.